The number of fused-ring (bicyclic) bond motifs is 3. The molecule has 1 fully saturated rings. The molecule has 0 amide bonds. The number of anilines is 1. The monoisotopic (exact) mass is 330 g/mol. The molecule has 124 valence electrons. The number of rotatable bonds is 3. The summed E-state index contributed by atoms with van der Waals surface area (Å²) < 4.78 is 0. The van der Waals surface area contributed by atoms with Crippen molar-refractivity contribution in [2.24, 2.45) is 0 Å². The van der Waals surface area contributed by atoms with Crippen molar-refractivity contribution >= 4 is 27.4 Å². The largest absolute Gasteiger partial charge is 0.354 e. The summed E-state index contributed by atoms with van der Waals surface area (Å²) in [6.45, 7) is 7.61. The minimum atomic E-state index is 0.653. The molecule has 2 aliphatic rings. The summed E-state index contributed by atoms with van der Waals surface area (Å²) in [4.78, 5) is 17.4. The van der Waals surface area contributed by atoms with Gasteiger partial charge in [0.25, 0.3) is 0 Å². The molecule has 1 aliphatic heterocycles. The standard InChI is InChI=1S/C18H26N4S/c1-4-21(3)13-9-10-22(11-13)17-16-14-7-5-6-8-15(14)23-18(16)20-12(2)19-17/h13H,4-11H2,1-3H3. The Balaban J connectivity index is 1.76. The number of hydrogen-bond acceptors (Lipinski definition) is 5. The van der Waals surface area contributed by atoms with E-state index < -0.39 is 0 Å². The first-order valence-corrected chi connectivity index (χ1v) is 9.73. The first-order chi connectivity index (χ1) is 11.2. The molecule has 1 atom stereocenters. The summed E-state index contributed by atoms with van der Waals surface area (Å²) >= 11 is 1.91. The third-order valence-corrected chi connectivity index (χ3v) is 6.68. The van der Waals surface area contributed by atoms with E-state index in [2.05, 4.69) is 23.8 Å². The van der Waals surface area contributed by atoms with Crippen molar-refractivity contribution in [2.45, 2.75) is 52.0 Å². The Labute approximate surface area is 142 Å². The zero-order valence-corrected chi connectivity index (χ0v) is 15.2. The van der Waals surface area contributed by atoms with Gasteiger partial charge in [-0.25, -0.2) is 9.97 Å². The number of aryl methyl sites for hydroxylation is 3. The molecule has 4 rings (SSSR count). The summed E-state index contributed by atoms with van der Waals surface area (Å²) in [5.74, 6) is 2.12. The van der Waals surface area contributed by atoms with Crippen LogP contribution in [0.2, 0.25) is 0 Å². The highest BCUT2D eigenvalue weighted by Crippen LogP contribution is 2.40. The summed E-state index contributed by atoms with van der Waals surface area (Å²) in [6, 6.07) is 0.653. The second-order valence-electron chi connectivity index (χ2n) is 6.95. The van der Waals surface area contributed by atoms with E-state index in [-0.39, 0.29) is 0 Å². The molecule has 0 bridgehead atoms. The van der Waals surface area contributed by atoms with Gasteiger partial charge in [-0.2, -0.15) is 0 Å². The summed E-state index contributed by atoms with van der Waals surface area (Å²) in [7, 11) is 2.24. The number of likely N-dealkylation sites (N-methyl/N-ethyl adjacent to an activating group) is 1. The van der Waals surface area contributed by atoms with Crippen molar-refractivity contribution in [1.29, 1.82) is 0 Å². The van der Waals surface area contributed by atoms with E-state index in [0.29, 0.717) is 6.04 Å². The highest BCUT2D eigenvalue weighted by Gasteiger charge is 2.29. The molecular formula is C18H26N4S. The van der Waals surface area contributed by atoms with Gasteiger partial charge >= 0.3 is 0 Å². The van der Waals surface area contributed by atoms with Gasteiger partial charge in [-0.3, -0.25) is 0 Å². The first kappa shape index (κ1) is 15.3. The molecule has 2 aromatic rings. The molecule has 2 aromatic heterocycles. The minimum Gasteiger partial charge on any atom is -0.354 e. The van der Waals surface area contributed by atoms with Crippen molar-refractivity contribution in [1.82, 2.24) is 14.9 Å². The van der Waals surface area contributed by atoms with E-state index in [1.54, 1.807) is 10.4 Å². The maximum absolute atomic E-state index is 4.89. The second kappa shape index (κ2) is 6.02. The summed E-state index contributed by atoms with van der Waals surface area (Å²) in [6.07, 6.45) is 6.32. The van der Waals surface area contributed by atoms with Crippen LogP contribution in [0.1, 0.15) is 42.5 Å². The lowest BCUT2D eigenvalue weighted by atomic mass is 9.97. The lowest BCUT2D eigenvalue weighted by Crippen LogP contribution is -2.34. The van der Waals surface area contributed by atoms with Crippen LogP contribution in [0.15, 0.2) is 0 Å². The van der Waals surface area contributed by atoms with E-state index in [1.807, 2.05) is 18.3 Å². The Morgan fingerprint density at radius 3 is 2.91 bits per heavy atom. The van der Waals surface area contributed by atoms with Gasteiger partial charge in [-0.1, -0.05) is 6.92 Å². The fraction of sp³-hybridized carbons (Fsp3) is 0.667. The molecule has 0 spiro atoms. The molecular weight excluding hydrogens is 304 g/mol. The normalized spacial score (nSPS) is 21.4. The van der Waals surface area contributed by atoms with Crippen molar-refractivity contribution < 1.29 is 0 Å². The average molecular weight is 331 g/mol. The van der Waals surface area contributed by atoms with E-state index in [9.17, 15) is 0 Å². The van der Waals surface area contributed by atoms with E-state index in [4.69, 9.17) is 9.97 Å². The zero-order valence-electron chi connectivity index (χ0n) is 14.4. The van der Waals surface area contributed by atoms with Crippen LogP contribution in [0.4, 0.5) is 5.82 Å². The predicted octanol–water partition coefficient (Wildman–Crippen LogP) is 3.41. The van der Waals surface area contributed by atoms with E-state index >= 15 is 0 Å². The lowest BCUT2D eigenvalue weighted by molar-refractivity contribution is 0.272. The van der Waals surface area contributed by atoms with Crippen LogP contribution < -0.4 is 4.90 Å². The second-order valence-corrected chi connectivity index (χ2v) is 8.03. The molecule has 3 heterocycles. The van der Waals surface area contributed by atoms with Crippen molar-refractivity contribution in [3.8, 4) is 0 Å². The quantitative estimate of drug-likeness (QED) is 0.863. The summed E-state index contributed by atoms with van der Waals surface area (Å²) in [5.41, 5.74) is 1.55. The SMILES string of the molecule is CCN(C)C1CCN(c2nc(C)nc3sc4c(c23)CCCC4)C1. The molecule has 23 heavy (non-hydrogen) atoms. The predicted molar refractivity (Wildman–Crippen MR) is 97.7 cm³/mol. The Morgan fingerprint density at radius 1 is 1.26 bits per heavy atom. The fourth-order valence-electron chi connectivity index (χ4n) is 4.02. The van der Waals surface area contributed by atoms with Crippen LogP contribution in [0, 0.1) is 6.92 Å². The Bertz CT molecular complexity index is 723. The lowest BCUT2D eigenvalue weighted by Gasteiger charge is -2.24. The number of thiophene rings is 1. The van der Waals surface area contributed by atoms with Crippen LogP contribution >= 0.6 is 11.3 Å². The number of aromatic nitrogens is 2. The van der Waals surface area contributed by atoms with Gasteiger partial charge in [0, 0.05) is 24.0 Å². The van der Waals surface area contributed by atoms with E-state index in [1.165, 1.54) is 48.1 Å². The molecule has 5 heteroatoms. The Morgan fingerprint density at radius 2 is 2.09 bits per heavy atom. The van der Waals surface area contributed by atoms with Crippen molar-refractivity contribution in [3.63, 3.8) is 0 Å². The van der Waals surface area contributed by atoms with Crippen LogP contribution in [-0.4, -0.2) is 47.6 Å². The third kappa shape index (κ3) is 2.64. The molecule has 0 saturated carbocycles. The molecule has 0 aromatic carbocycles. The highest BCUT2D eigenvalue weighted by molar-refractivity contribution is 7.19. The van der Waals surface area contributed by atoms with Gasteiger partial charge in [-0.05, 0) is 58.2 Å². The Kier molecular flexibility index (Phi) is 4.01. The van der Waals surface area contributed by atoms with Gasteiger partial charge in [0.05, 0.1) is 5.39 Å². The van der Waals surface area contributed by atoms with Gasteiger partial charge in [-0.15, -0.1) is 11.3 Å². The van der Waals surface area contributed by atoms with Gasteiger partial charge in [0.15, 0.2) is 0 Å². The molecule has 1 saturated heterocycles. The third-order valence-electron chi connectivity index (χ3n) is 5.49. The highest BCUT2D eigenvalue weighted by atomic mass is 32.1. The smallest absolute Gasteiger partial charge is 0.141 e. The number of nitrogens with zero attached hydrogens (tertiary/aromatic N) is 4. The molecule has 1 unspecified atom stereocenters. The molecule has 4 nitrogen and oxygen atoms in total. The van der Waals surface area contributed by atoms with Crippen LogP contribution in [-0.2, 0) is 12.8 Å². The summed E-state index contributed by atoms with van der Waals surface area (Å²) in [5, 5.41) is 1.37. The maximum Gasteiger partial charge on any atom is 0.141 e. The van der Waals surface area contributed by atoms with Crippen molar-refractivity contribution in [3.05, 3.63) is 16.3 Å². The maximum atomic E-state index is 4.89. The topological polar surface area (TPSA) is 32.3 Å². The van der Waals surface area contributed by atoms with Crippen LogP contribution in [0.5, 0.6) is 0 Å². The number of hydrogen-bond donors (Lipinski definition) is 0. The van der Waals surface area contributed by atoms with Crippen LogP contribution in [0.3, 0.4) is 0 Å². The van der Waals surface area contributed by atoms with Gasteiger partial charge < -0.3 is 9.80 Å². The van der Waals surface area contributed by atoms with Gasteiger partial charge in [0.2, 0.25) is 0 Å². The minimum absolute atomic E-state index is 0.653. The van der Waals surface area contributed by atoms with E-state index in [0.717, 1.165) is 25.5 Å². The molecule has 0 radical (unpaired) electrons. The first-order valence-electron chi connectivity index (χ1n) is 8.91. The van der Waals surface area contributed by atoms with Gasteiger partial charge in [0.1, 0.15) is 16.5 Å². The van der Waals surface area contributed by atoms with Crippen LogP contribution in [0.25, 0.3) is 10.2 Å². The molecule has 1 aliphatic carbocycles. The fourth-order valence-corrected chi connectivity index (χ4v) is 5.32. The average Bonchev–Trinajstić information content (AvgIpc) is 3.17. The molecule has 0 N–H and O–H groups in total. The zero-order chi connectivity index (χ0) is 16.0. The van der Waals surface area contributed by atoms with Crippen molar-refractivity contribution in [2.75, 3.05) is 31.6 Å². The Hall–Kier alpha value is -1.20.